The highest BCUT2D eigenvalue weighted by molar-refractivity contribution is 6.14. The van der Waals surface area contributed by atoms with Crippen molar-refractivity contribution in [1.82, 2.24) is 9.13 Å². The molecule has 57 heavy (non-hydrogen) atoms. The third-order valence-corrected chi connectivity index (χ3v) is 11.9. The molecule has 268 valence electrons. The summed E-state index contributed by atoms with van der Waals surface area (Å²) in [5, 5.41) is 18.7. The smallest absolute Gasteiger partial charge is 0.159 e. The Bertz CT molecular complexity index is 3640. The number of nitriles is 1. The van der Waals surface area contributed by atoms with E-state index in [0.717, 1.165) is 85.5 Å². The summed E-state index contributed by atoms with van der Waals surface area (Å²) >= 11 is 0. The van der Waals surface area contributed by atoms with Crippen LogP contribution in [0.3, 0.4) is 0 Å². The highest BCUT2D eigenvalue weighted by Gasteiger charge is 2.20. The van der Waals surface area contributed by atoms with Crippen LogP contribution in [0.2, 0.25) is 0 Å². The molecule has 0 fully saturated rings. The maximum Gasteiger partial charge on any atom is 0.159 e. The highest BCUT2D eigenvalue weighted by Crippen LogP contribution is 2.40. The zero-order chi connectivity index (χ0) is 37.6. The van der Waals surface area contributed by atoms with E-state index in [1.165, 1.54) is 43.7 Å². The third-order valence-electron chi connectivity index (χ3n) is 11.9. The number of rotatable bonds is 6. The van der Waals surface area contributed by atoms with Gasteiger partial charge in [0, 0.05) is 43.1 Å². The van der Waals surface area contributed by atoms with Crippen LogP contribution in [-0.2, 0) is 12.8 Å². The fraction of sp³-hybridized carbons (Fsp3) is 0.0577. The van der Waals surface area contributed by atoms with Crippen LogP contribution in [0.5, 0.6) is 0 Å². The summed E-state index contributed by atoms with van der Waals surface area (Å²) in [7, 11) is 0. The average molecular weight is 732 g/mol. The molecule has 4 heterocycles. The van der Waals surface area contributed by atoms with Gasteiger partial charge in [0.2, 0.25) is 0 Å². The van der Waals surface area contributed by atoms with Gasteiger partial charge < -0.3 is 18.0 Å². The first kappa shape index (κ1) is 31.8. The standard InChI is InChI=1S/C52H33N3O2/c53-31-34-24-27-50-42(30-34)39-16-9-20-48(52(39)57-50)55-44-18-5-2-13-36(44)41-29-33(23-26-46(41)55)11-7-10-32-22-25-45-40(28-32)35-12-1-4-17-43(35)54(45)47-19-8-15-38-37-14-3-6-21-49(37)56-51(38)47/h1-6,8-9,12-30H,7,10-11H2. The number of nitrogens with zero attached hydrogens (tertiary/aromatic N) is 3. The summed E-state index contributed by atoms with van der Waals surface area (Å²) < 4.78 is 17.7. The SMILES string of the molecule is N#Cc1ccc2oc3c(-n4c5ccccc5c5cc(CCCc6ccc7c(c6)c6ccccc6n7-c6cccc7c6oc6ccccc67)ccc54)cccc3c2c1. The number of hydrogen-bond donors (Lipinski definition) is 0. The second-order valence-electron chi connectivity index (χ2n) is 15.1. The summed E-state index contributed by atoms with van der Waals surface area (Å²) in [5.74, 6) is 0. The molecule has 0 aliphatic carbocycles. The maximum atomic E-state index is 9.55. The Morgan fingerprint density at radius 1 is 0.404 bits per heavy atom. The molecule has 0 radical (unpaired) electrons. The van der Waals surface area contributed by atoms with Crippen LogP contribution in [0, 0.1) is 11.3 Å². The Kier molecular flexibility index (Phi) is 6.81. The van der Waals surface area contributed by atoms with E-state index >= 15 is 0 Å². The van der Waals surface area contributed by atoms with Crippen molar-refractivity contribution in [3.05, 3.63) is 180 Å². The van der Waals surface area contributed by atoms with Crippen molar-refractivity contribution >= 4 is 87.5 Å². The summed E-state index contributed by atoms with van der Waals surface area (Å²) in [4.78, 5) is 0. The van der Waals surface area contributed by atoms with E-state index in [1.807, 2.05) is 30.3 Å². The predicted molar refractivity (Wildman–Crippen MR) is 233 cm³/mol. The Morgan fingerprint density at radius 3 is 1.49 bits per heavy atom. The summed E-state index contributed by atoms with van der Waals surface area (Å²) in [6.07, 6.45) is 3.00. The number of hydrogen-bond acceptors (Lipinski definition) is 3. The van der Waals surface area contributed by atoms with E-state index in [9.17, 15) is 5.26 Å². The van der Waals surface area contributed by atoms with Crippen molar-refractivity contribution in [2.45, 2.75) is 19.3 Å². The molecule has 0 N–H and O–H groups in total. The molecule has 12 aromatic rings. The Labute approximate surface area is 326 Å². The first-order valence-electron chi connectivity index (χ1n) is 19.5. The number of aryl methyl sites for hydroxylation is 2. The van der Waals surface area contributed by atoms with Gasteiger partial charge >= 0.3 is 0 Å². The van der Waals surface area contributed by atoms with Gasteiger partial charge in [0.15, 0.2) is 11.2 Å². The first-order chi connectivity index (χ1) is 28.2. The average Bonchev–Trinajstić information content (AvgIpc) is 4.01. The van der Waals surface area contributed by atoms with E-state index in [4.69, 9.17) is 8.83 Å². The van der Waals surface area contributed by atoms with Gasteiger partial charge in [0.1, 0.15) is 11.2 Å². The van der Waals surface area contributed by atoms with Crippen molar-refractivity contribution in [3.8, 4) is 17.4 Å². The molecule has 0 aliphatic rings. The number of aromatic nitrogens is 2. The van der Waals surface area contributed by atoms with Crippen LogP contribution in [0.1, 0.15) is 23.1 Å². The monoisotopic (exact) mass is 731 g/mol. The second-order valence-corrected chi connectivity index (χ2v) is 15.1. The summed E-state index contributed by atoms with van der Waals surface area (Å²) in [5.41, 5.74) is 13.4. The lowest BCUT2D eigenvalue weighted by Gasteiger charge is -2.09. The molecule has 0 atom stereocenters. The van der Waals surface area contributed by atoms with Gasteiger partial charge in [-0.2, -0.15) is 5.26 Å². The lowest BCUT2D eigenvalue weighted by atomic mass is 10.0. The minimum Gasteiger partial charge on any atom is -0.454 e. The molecule has 0 aliphatic heterocycles. The van der Waals surface area contributed by atoms with Crippen LogP contribution in [-0.4, -0.2) is 9.13 Å². The van der Waals surface area contributed by atoms with Crippen molar-refractivity contribution in [2.75, 3.05) is 0 Å². The van der Waals surface area contributed by atoms with Crippen molar-refractivity contribution in [1.29, 1.82) is 5.26 Å². The molecule has 0 spiro atoms. The predicted octanol–water partition coefficient (Wildman–Crippen LogP) is 13.7. The van der Waals surface area contributed by atoms with Crippen LogP contribution in [0.15, 0.2) is 173 Å². The second kappa shape index (κ2) is 12.2. The van der Waals surface area contributed by atoms with E-state index in [0.29, 0.717) is 5.56 Å². The lowest BCUT2D eigenvalue weighted by molar-refractivity contribution is 0.666. The molecule has 4 aromatic heterocycles. The van der Waals surface area contributed by atoms with E-state index in [-0.39, 0.29) is 0 Å². The minimum absolute atomic E-state index is 0.626. The van der Waals surface area contributed by atoms with Gasteiger partial charge in [-0.1, -0.05) is 91.0 Å². The number of para-hydroxylation sites is 5. The lowest BCUT2D eigenvalue weighted by Crippen LogP contribution is -1.95. The fourth-order valence-corrected chi connectivity index (χ4v) is 9.30. The number of benzene rings is 8. The minimum atomic E-state index is 0.626. The Morgan fingerprint density at radius 2 is 0.895 bits per heavy atom. The molecule has 8 aromatic carbocycles. The zero-order valence-electron chi connectivity index (χ0n) is 30.9. The van der Waals surface area contributed by atoms with Gasteiger partial charge in [0.05, 0.1) is 45.1 Å². The molecule has 0 saturated heterocycles. The Balaban J connectivity index is 0.886. The summed E-state index contributed by atoms with van der Waals surface area (Å²) in [6, 6.07) is 60.2. The molecule has 0 amide bonds. The highest BCUT2D eigenvalue weighted by atomic mass is 16.3. The van der Waals surface area contributed by atoms with Crippen molar-refractivity contribution in [2.24, 2.45) is 0 Å². The molecular formula is C52H33N3O2. The molecule has 5 nitrogen and oxygen atoms in total. The first-order valence-corrected chi connectivity index (χ1v) is 19.5. The third kappa shape index (κ3) is 4.74. The molecule has 12 rings (SSSR count). The van der Waals surface area contributed by atoms with Gasteiger partial charge in [-0.15, -0.1) is 0 Å². The van der Waals surface area contributed by atoms with Crippen LogP contribution >= 0.6 is 0 Å². The Hall–Kier alpha value is -7.55. The normalized spacial score (nSPS) is 12.1. The van der Waals surface area contributed by atoms with Gasteiger partial charge in [-0.3, -0.25) is 0 Å². The van der Waals surface area contributed by atoms with Crippen LogP contribution < -0.4 is 0 Å². The molecule has 0 saturated carbocycles. The van der Waals surface area contributed by atoms with E-state index in [2.05, 4.69) is 149 Å². The van der Waals surface area contributed by atoms with E-state index in [1.54, 1.807) is 0 Å². The largest absolute Gasteiger partial charge is 0.454 e. The number of furan rings is 2. The fourth-order valence-electron chi connectivity index (χ4n) is 9.30. The number of fused-ring (bicyclic) bond motifs is 12. The van der Waals surface area contributed by atoms with Crippen LogP contribution in [0.4, 0.5) is 0 Å². The zero-order valence-corrected chi connectivity index (χ0v) is 30.9. The van der Waals surface area contributed by atoms with Gasteiger partial charge in [0.25, 0.3) is 0 Å². The summed E-state index contributed by atoms with van der Waals surface area (Å²) in [6.45, 7) is 0. The van der Waals surface area contributed by atoms with Gasteiger partial charge in [-0.25, -0.2) is 0 Å². The maximum absolute atomic E-state index is 9.55. The van der Waals surface area contributed by atoms with Gasteiger partial charge in [-0.05, 0) is 103 Å². The quantitative estimate of drug-likeness (QED) is 0.171. The molecule has 0 unspecified atom stereocenters. The topological polar surface area (TPSA) is 59.9 Å². The van der Waals surface area contributed by atoms with Crippen molar-refractivity contribution < 1.29 is 8.83 Å². The van der Waals surface area contributed by atoms with Crippen LogP contribution in [0.25, 0.3) is 98.9 Å². The van der Waals surface area contributed by atoms with E-state index < -0.39 is 0 Å². The molecular weight excluding hydrogens is 699 g/mol. The molecule has 5 heteroatoms. The van der Waals surface area contributed by atoms with Crippen molar-refractivity contribution in [3.63, 3.8) is 0 Å². The molecule has 0 bridgehead atoms.